The van der Waals surface area contributed by atoms with Gasteiger partial charge in [-0.3, -0.25) is 19.7 Å². The van der Waals surface area contributed by atoms with Crippen molar-refractivity contribution < 1.29 is 24.0 Å². The number of hydrogen-bond acceptors (Lipinski definition) is 6. The zero-order chi connectivity index (χ0) is 21.5. The van der Waals surface area contributed by atoms with Crippen LogP contribution in [-0.2, 0) is 14.3 Å². The molecule has 9 heteroatoms. The molecule has 8 nitrogen and oxygen atoms in total. The highest BCUT2D eigenvalue weighted by Gasteiger charge is 2.57. The fourth-order valence-corrected chi connectivity index (χ4v) is 7.64. The third kappa shape index (κ3) is 4.31. The Hall–Kier alpha value is -2.16. The first-order valence-electron chi connectivity index (χ1n) is 10.2. The Balaban J connectivity index is 1.31. The summed E-state index contributed by atoms with van der Waals surface area (Å²) in [6.45, 7) is -0.401. The van der Waals surface area contributed by atoms with E-state index in [2.05, 4.69) is 21.2 Å². The number of non-ortho nitro benzene ring substituents is 1. The molecule has 4 aliphatic rings. The number of nitrogens with one attached hydrogen (secondary N) is 1. The number of ether oxygens (including phenoxy) is 2. The van der Waals surface area contributed by atoms with E-state index in [4.69, 9.17) is 9.47 Å². The quantitative estimate of drug-likeness (QED) is 0.271. The second-order valence-corrected chi connectivity index (χ2v) is 10.8. The second kappa shape index (κ2) is 7.83. The Kier molecular flexibility index (Phi) is 5.50. The van der Waals surface area contributed by atoms with Crippen molar-refractivity contribution in [2.75, 3.05) is 19.0 Å². The van der Waals surface area contributed by atoms with E-state index in [0.29, 0.717) is 18.3 Å². The molecular weight excluding hydrogens is 456 g/mol. The third-order valence-corrected chi connectivity index (χ3v) is 7.59. The minimum Gasteiger partial charge on any atom is -0.494 e. The number of amides is 1. The van der Waals surface area contributed by atoms with Gasteiger partial charge >= 0.3 is 5.97 Å². The lowest BCUT2D eigenvalue weighted by Gasteiger charge is -2.60. The molecule has 162 valence electrons. The number of rotatable bonds is 7. The van der Waals surface area contributed by atoms with E-state index in [0.717, 1.165) is 19.3 Å². The average Bonchev–Trinajstić information content (AvgIpc) is 2.64. The van der Waals surface area contributed by atoms with Gasteiger partial charge in [0.05, 0.1) is 30.2 Å². The molecule has 30 heavy (non-hydrogen) atoms. The molecule has 0 saturated heterocycles. The monoisotopic (exact) mass is 480 g/mol. The number of nitro groups is 1. The molecule has 4 aliphatic carbocycles. The summed E-state index contributed by atoms with van der Waals surface area (Å²) in [4.78, 5) is 35.1. The highest BCUT2D eigenvalue weighted by atomic mass is 79.9. The minimum absolute atomic E-state index is 0.0112. The molecule has 0 radical (unpaired) electrons. The number of carbonyl (C=O) groups excluding carboxylic acids is 2. The fourth-order valence-electron chi connectivity index (χ4n) is 6.13. The van der Waals surface area contributed by atoms with Gasteiger partial charge in [0, 0.05) is 10.4 Å². The third-order valence-electron chi connectivity index (χ3n) is 6.66. The van der Waals surface area contributed by atoms with Crippen molar-refractivity contribution in [3.8, 4) is 5.75 Å². The lowest BCUT2D eigenvalue weighted by molar-refractivity contribution is -0.384. The van der Waals surface area contributed by atoms with E-state index in [-0.39, 0.29) is 32.8 Å². The lowest BCUT2D eigenvalue weighted by atomic mass is 9.49. The molecule has 1 N–H and O–H groups in total. The maximum absolute atomic E-state index is 12.5. The van der Waals surface area contributed by atoms with Crippen LogP contribution in [0.5, 0.6) is 5.75 Å². The number of hydrogen-bond donors (Lipinski definition) is 1. The van der Waals surface area contributed by atoms with Gasteiger partial charge in [0.15, 0.2) is 6.61 Å². The maximum Gasteiger partial charge on any atom is 0.306 e. The number of halogens is 1. The van der Waals surface area contributed by atoms with Crippen LogP contribution in [0.15, 0.2) is 18.2 Å². The number of esters is 1. The second-order valence-electron chi connectivity index (χ2n) is 9.14. The van der Waals surface area contributed by atoms with Crippen LogP contribution in [0.1, 0.15) is 44.9 Å². The average molecular weight is 481 g/mol. The first-order valence-corrected chi connectivity index (χ1v) is 11.0. The zero-order valence-electron chi connectivity index (χ0n) is 16.8. The summed E-state index contributed by atoms with van der Waals surface area (Å²) < 4.78 is 10.5. The molecule has 0 heterocycles. The number of nitrogens with zero attached hydrogens (tertiary/aromatic N) is 1. The van der Waals surface area contributed by atoms with Gasteiger partial charge < -0.3 is 14.8 Å². The van der Waals surface area contributed by atoms with Crippen LogP contribution >= 0.6 is 15.9 Å². The normalized spacial score (nSPS) is 31.3. The van der Waals surface area contributed by atoms with E-state index in [1.54, 1.807) is 0 Å². The van der Waals surface area contributed by atoms with Crippen LogP contribution in [0.4, 0.5) is 11.4 Å². The van der Waals surface area contributed by atoms with E-state index in [9.17, 15) is 19.7 Å². The standard InChI is InChI=1S/C21H25BrN2O6/c1-29-17-5-15(24(27)28)2-3-16(17)23-18(25)11-30-19(26)10-20-6-13-4-14(7-20)9-21(22,8-13)12-20/h2-3,5,13-14H,4,6-12H2,1H3,(H,23,25)/t13-,14-,20?,21?/m1/s1. The molecular formula is C21H25BrN2O6. The van der Waals surface area contributed by atoms with Crippen molar-refractivity contribution in [1.82, 2.24) is 0 Å². The Morgan fingerprint density at radius 1 is 1.27 bits per heavy atom. The van der Waals surface area contributed by atoms with Crippen molar-refractivity contribution >= 4 is 39.2 Å². The Bertz CT molecular complexity index is 874. The first kappa shape index (κ1) is 21.1. The van der Waals surface area contributed by atoms with Crippen molar-refractivity contribution in [2.24, 2.45) is 17.3 Å². The number of nitro benzene ring substituents is 1. The summed E-state index contributed by atoms with van der Waals surface area (Å²) in [7, 11) is 1.36. The van der Waals surface area contributed by atoms with E-state index < -0.39 is 17.4 Å². The molecule has 1 aromatic carbocycles. The summed E-state index contributed by atoms with van der Waals surface area (Å²) in [5, 5.41) is 13.4. The predicted octanol–water partition coefficient (Wildman–Crippen LogP) is 4.21. The lowest BCUT2D eigenvalue weighted by Crippen LogP contribution is -2.53. The smallest absolute Gasteiger partial charge is 0.306 e. The molecule has 2 atom stereocenters. The molecule has 1 aromatic rings. The van der Waals surface area contributed by atoms with Crippen molar-refractivity contribution in [1.29, 1.82) is 0 Å². The first-order chi connectivity index (χ1) is 14.2. The summed E-state index contributed by atoms with van der Waals surface area (Å²) >= 11 is 3.94. The summed E-state index contributed by atoms with van der Waals surface area (Å²) in [5.41, 5.74) is 0.130. The van der Waals surface area contributed by atoms with Crippen LogP contribution in [0.3, 0.4) is 0 Å². The molecule has 0 aromatic heterocycles. The number of alkyl halides is 1. The Labute approximate surface area is 183 Å². The summed E-state index contributed by atoms with van der Waals surface area (Å²) in [5.74, 6) is 0.657. The van der Waals surface area contributed by atoms with Gasteiger partial charge in [-0.1, -0.05) is 15.9 Å². The zero-order valence-corrected chi connectivity index (χ0v) is 18.4. The largest absolute Gasteiger partial charge is 0.494 e. The van der Waals surface area contributed by atoms with Gasteiger partial charge in [-0.2, -0.15) is 0 Å². The molecule has 0 spiro atoms. The van der Waals surface area contributed by atoms with Gasteiger partial charge in [-0.05, 0) is 61.8 Å². The van der Waals surface area contributed by atoms with Crippen LogP contribution in [0.2, 0.25) is 0 Å². The Morgan fingerprint density at radius 3 is 2.57 bits per heavy atom. The minimum atomic E-state index is -0.544. The van der Waals surface area contributed by atoms with Gasteiger partial charge in [-0.15, -0.1) is 0 Å². The van der Waals surface area contributed by atoms with Crippen LogP contribution in [0.25, 0.3) is 0 Å². The molecule has 4 bridgehead atoms. The summed E-state index contributed by atoms with van der Waals surface area (Å²) in [6.07, 6.45) is 7.13. The topological polar surface area (TPSA) is 108 Å². The van der Waals surface area contributed by atoms with Crippen LogP contribution in [0, 0.1) is 27.4 Å². The number of benzene rings is 1. The number of carbonyl (C=O) groups is 2. The highest BCUT2D eigenvalue weighted by molar-refractivity contribution is 9.10. The maximum atomic E-state index is 12.5. The fraction of sp³-hybridized carbons (Fsp3) is 0.619. The highest BCUT2D eigenvalue weighted by Crippen LogP contribution is 2.65. The number of anilines is 1. The predicted molar refractivity (Wildman–Crippen MR) is 113 cm³/mol. The van der Waals surface area contributed by atoms with E-state index in [1.165, 1.54) is 44.6 Å². The van der Waals surface area contributed by atoms with Gasteiger partial charge in [-0.25, -0.2) is 0 Å². The molecule has 0 aliphatic heterocycles. The van der Waals surface area contributed by atoms with E-state index >= 15 is 0 Å². The Morgan fingerprint density at radius 2 is 1.97 bits per heavy atom. The van der Waals surface area contributed by atoms with Crippen molar-refractivity contribution in [2.45, 2.75) is 49.3 Å². The SMILES string of the molecule is COc1cc([N+](=O)[O-])ccc1NC(=O)COC(=O)CC12C[C@H]3C[C@@H](CC(Br)(C3)C1)C2. The molecule has 1 amide bonds. The van der Waals surface area contributed by atoms with Crippen molar-refractivity contribution in [3.05, 3.63) is 28.3 Å². The van der Waals surface area contributed by atoms with Gasteiger partial charge in [0.1, 0.15) is 5.75 Å². The number of methoxy groups -OCH3 is 1. The van der Waals surface area contributed by atoms with Crippen LogP contribution in [-0.4, -0.2) is 34.8 Å². The summed E-state index contributed by atoms with van der Waals surface area (Å²) in [6, 6.07) is 3.89. The molecule has 4 saturated carbocycles. The van der Waals surface area contributed by atoms with Gasteiger partial charge in [0.2, 0.25) is 0 Å². The van der Waals surface area contributed by atoms with Crippen LogP contribution < -0.4 is 10.1 Å². The molecule has 4 fully saturated rings. The van der Waals surface area contributed by atoms with Gasteiger partial charge in [0.25, 0.3) is 11.6 Å². The molecule has 0 unspecified atom stereocenters. The van der Waals surface area contributed by atoms with E-state index in [1.807, 2.05) is 0 Å². The van der Waals surface area contributed by atoms with Crippen molar-refractivity contribution in [3.63, 3.8) is 0 Å². The molecule has 5 rings (SSSR count).